The molecule has 0 saturated heterocycles. The third-order valence-corrected chi connectivity index (χ3v) is 2.10. The topological polar surface area (TPSA) is 38.7 Å². The number of hydrogen-bond donors (Lipinski definition) is 0. The molecule has 2 aromatic rings. The lowest BCUT2D eigenvalue weighted by Gasteiger charge is -2.01. The van der Waals surface area contributed by atoms with Gasteiger partial charge in [0.25, 0.3) is 0 Å². The Kier molecular flexibility index (Phi) is 2.41. The van der Waals surface area contributed by atoms with Crippen LogP contribution in [0.4, 0.5) is 0 Å². The van der Waals surface area contributed by atoms with Gasteiger partial charge in [0, 0.05) is 29.8 Å². The fourth-order valence-corrected chi connectivity index (χ4v) is 1.42. The van der Waals surface area contributed by atoms with Crippen LogP contribution >= 0.6 is 11.6 Å². The molecule has 3 nitrogen and oxygen atoms in total. The van der Waals surface area contributed by atoms with Gasteiger partial charge in [0.2, 0.25) is 0 Å². The summed E-state index contributed by atoms with van der Waals surface area (Å²) in [5, 5.41) is 0.415. The van der Waals surface area contributed by atoms with E-state index in [-0.39, 0.29) is 0 Å². The van der Waals surface area contributed by atoms with Crippen LogP contribution in [0.1, 0.15) is 5.69 Å². The summed E-state index contributed by atoms with van der Waals surface area (Å²) >= 11 is 5.92. The lowest BCUT2D eigenvalue weighted by Crippen LogP contribution is -1.88. The van der Waals surface area contributed by atoms with Gasteiger partial charge in [-0.1, -0.05) is 11.6 Å². The highest BCUT2D eigenvalue weighted by Gasteiger charge is 2.04. The summed E-state index contributed by atoms with van der Waals surface area (Å²) in [6, 6.07) is 3.79. The number of hydrogen-bond acceptors (Lipinski definition) is 3. The van der Waals surface area contributed by atoms with Crippen molar-refractivity contribution >= 4 is 11.6 Å². The molecule has 0 aliphatic carbocycles. The van der Waals surface area contributed by atoms with E-state index >= 15 is 0 Å². The Bertz CT molecular complexity index is 457. The van der Waals surface area contributed by atoms with Crippen molar-refractivity contribution in [1.29, 1.82) is 0 Å². The molecule has 0 aliphatic heterocycles. The quantitative estimate of drug-likeness (QED) is 0.718. The van der Waals surface area contributed by atoms with Crippen molar-refractivity contribution in [2.75, 3.05) is 0 Å². The summed E-state index contributed by atoms with van der Waals surface area (Å²) in [7, 11) is 0. The smallest absolute Gasteiger partial charge is 0.155 e. The Hall–Kier alpha value is -1.48. The second-order valence-electron chi connectivity index (χ2n) is 2.88. The predicted octanol–water partition coefficient (Wildman–Crippen LogP) is 2.50. The SMILES string of the molecule is Cc1cc(-c2nccnc2Cl)ccn1. The van der Waals surface area contributed by atoms with E-state index in [0.717, 1.165) is 11.3 Å². The van der Waals surface area contributed by atoms with E-state index in [1.165, 1.54) is 0 Å². The van der Waals surface area contributed by atoms with Crippen molar-refractivity contribution in [3.63, 3.8) is 0 Å². The molecule has 0 bridgehead atoms. The molecular formula is C10H8ClN3. The number of pyridine rings is 1. The van der Waals surface area contributed by atoms with Gasteiger partial charge in [-0.05, 0) is 19.1 Å². The van der Waals surface area contributed by atoms with Gasteiger partial charge in [0.15, 0.2) is 5.15 Å². The molecule has 70 valence electrons. The lowest BCUT2D eigenvalue weighted by atomic mass is 10.2. The normalized spacial score (nSPS) is 10.1. The zero-order valence-corrected chi connectivity index (χ0v) is 8.36. The largest absolute Gasteiger partial charge is 0.262 e. The van der Waals surface area contributed by atoms with Crippen LogP contribution in [-0.4, -0.2) is 15.0 Å². The summed E-state index contributed by atoms with van der Waals surface area (Å²) in [4.78, 5) is 12.2. The van der Waals surface area contributed by atoms with Crippen molar-refractivity contribution in [1.82, 2.24) is 15.0 Å². The van der Waals surface area contributed by atoms with E-state index in [4.69, 9.17) is 11.6 Å². The first-order valence-corrected chi connectivity index (χ1v) is 4.55. The third-order valence-electron chi connectivity index (χ3n) is 1.82. The minimum absolute atomic E-state index is 0.415. The Labute approximate surface area is 86.8 Å². The molecule has 0 spiro atoms. The van der Waals surface area contributed by atoms with Gasteiger partial charge in [0.1, 0.15) is 5.69 Å². The van der Waals surface area contributed by atoms with Gasteiger partial charge in [-0.3, -0.25) is 9.97 Å². The van der Waals surface area contributed by atoms with Crippen LogP contribution in [0.25, 0.3) is 11.3 Å². The van der Waals surface area contributed by atoms with Crippen molar-refractivity contribution in [2.45, 2.75) is 6.92 Å². The van der Waals surface area contributed by atoms with Gasteiger partial charge in [0.05, 0.1) is 0 Å². The van der Waals surface area contributed by atoms with Crippen LogP contribution in [0.3, 0.4) is 0 Å². The molecule has 0 aromatic carbocycles. The highest BCUT2D eigenvalue weighted by atomic mass is 35.5. The summed E-state index contributed by atoms with van der Waals surface area (Å²) in [6.45, 7) is 1.92. The molecule has 0 radical (unpaired) electrons. The van der Waals surface area contributed by atoms with Crippen LogP contribution in [-0.2, 0) is 0 Å². The van der Waals surface area contributed by atoms with Crippen molar-refractivity contribution < 1.29 is 0 Å². The van der Waals surface area contributed by atoms with Crippen LogP contribution in [0.15, 0.2) is 30.7 Å². The maximum Gasteiger partial charge on any atom is 0.155 e. The number of aryl methyl sites for hydroxylation is 1. The van der Waals surface area contributed by atoms with E-state index in [2.05, 4.69) is 15.0 Å². The minimum Gasteiger partial charge on any atom is -0.262 e. The summed E-state index contributed by atoms with van der Waals surface area (Å²) in [5.41, 5.74) is 2.57. The van der Waals surface area contributed by atoms with E-state index in [1.807, 2.05) is 19.1 Å². The molecule has 0 fully saturated rings. The fraction of sp³-hybridized carbons (Fsp3) is 0.100. The number of aromatic nitrogens is 3. The number of rotatable bonds is 1. The Morgan fingerprint density at radius 2 is 1.86 bits per heavy atom. The monoisotopic (exact) mass is 205 g/mol. The Morgan fingerprint density at radius 1 is 1.07 bits per heavy atom. The molecule has 4 heteroatoms. The fourth-order valence-electron chi connectivity index (χ4n) is 1.21. The van der Waals surface area contributed by atoms with Crippen LogP contribution < -0.4 is 0 Å². The molecular weight excluding hydrogens is 198 g/mol. The molecule has 0 atom stereocenters. The van der Waals surface area contributed by atoms with Gasteiger partial charge in [-0.25, -0.2) is 4.98 Å². The summed E-state index contributed by atoms with van der Waals surface area (Å²) < 4.78 is 0. The summed E-state index contributed by atoms with van der Waals surface area (Å²) in [6.07, 6.45) is 4.92. The standard InChI is InChI=1S/C10H8ClN3/c1-7-6-8(2-3-12-7)9-10(11)14-5-4-13-9/h2-6H,1H3. The molecule has 14 heavy (non-hydrogen) atoms. The molecule has 0 unspecified atom stereocenters. The maximum atomic E-state index is 5.92. The number of nitrogens with zero attached hydrogens (tertiary/aromatic N) is 3. The van der Waals surface area contributed by atoms with Crippen molar-refractivity contribution in [2.24, 2.45) is 0 Å². The van der Waals surface area contributed by atoms with Gasteiger partial charge in [-0.15, -0.1) is 0 Å². The zero-order valence-electron chi connectivity index (χ0n) is 7.61. The molecule has 0 saturated carbocycles. The average Bonchev–Trinajstić information content (AvgIpc) is 2.18. The Balaban J connectivity index is 2.55. The highest BCUT2D eigenvalue weighted by molar-refractivity contribution is 6.31. The molecule has 0 aliphatic rings. The van der Waals surface area contributed by atoms with E-state index in [9.17, 15) is 0 Å². The van der Waals surface area contributed by atoms with E-state index in [0.29, 0.717) is 10.8 Å². The average molecular weight is 206 g/mol. The van der Waals surface area contributed by atoms with Crippen LogP contribution in [0.2, 0.25) is 5.15 Å². The number of halogens is 1. The van der Waals surface area contributed by atoms with Gasteiger partial charge >= 0.3 is 0 Å². The summed E-state index contributed by atoms with van der Waals surface area (Å²) in [5.74, 6) is 0. The molecule has 2 rings (SSSR count). The highest BCUT2D eigenvalue weighted by Crippen LogP contribution is 2.22. The minimum atomic E-state index is 0.415. The first-order valence-electron chi connectivity index (χ1n) is 4.17. The van der Waals surface area contributed by atoms with Gasteiger partial charge < -0.3 is 0 Å². The first-order chi connectivity index (χ1) is 6.77. The first kappa shape index (κ1) is 9.09. The molecule has 0 amide bonds. The second kappa shape index (κ2) is 3.72. The second-order valence-corrected chi connectivity index (χ2v) is 3.24. The molecule has 2 aromatic heterocycles. The Morgan fingerprint density at radius 3 is 2.57 bits per heavy atom. The van der Waals surface area contributed by atoms with Crippen molar-refractivity contribution in [3.8, 4) is 11.3 Å². The van der Waals surface area contributed by atoms with Crippen LogP contribution in [0, 0.1) is 6.92 Å². The molecule has 0 N–H and O–H groups in total. The third kappa shape index (κ3) is 1.72. The van der Waals surface area contributed by atoms with Gasteiger partial charge in [-0.2, -0.15) is 0 Å². The predicted molar refractivity (Wildman–Crippen MR) is 55.0 cm³/mol. The van der Waals surface area contributed by atoms with Crippen molar-refractivity contribution in [3.05, 3.63) is 41.6 Å². The molecule has 2 heterocycles. The van der Waals surface area contributed by atoms with E-state index in [1.54, 1.807) is 18.6 Å². The lowest BCUT2D eigenvalue weighted by molar-refractivity contribution is 1.17. The van der Waals surface area contributed by atoms with E-state index < -0.39 is 0 Å². The zero-order chi connectivity index (χ0) is 9.97. The maximum absolute atomic E-state index is 5.92. The van der Waals surface area contributed by atoms with Crippen LogP contribution in [0.5, 0.6) is 0 Å².